The van der Waals surface area contributed by atoms with Gasteiger partial charge in [0.1, 0.15) is 5.82 Å². The van der Waals surface area contributed by atoms with Gasteiger partial charge in [-0.05, 0) is 29.7 Å². The average molecular weight is 354 g/mol. The van der Waals surface area contributed by atoms with Crippen LogP contribution >= 0.6 is 0 Å². The maximum Gasteiger partial charge on any atom is 0.407 e. The summed E-state index contributed by atoms with van der Waals surface area (Å²) in [5.41, 5.74) is 3.41. The zero-order valence-corrected chi connectivity index (χ0v) is 14.9. The van der Waals surface area contributed by atoms with Crippen LogP contribution in [0.4, 0.5) is 10.6 Å². The standard InChI is InChI=1S/C19H22N4O3/c1-13-5-3-4-6-14(13)15-11-17(21-12-16(15)18(24)20-2)22-7-9-23(10-8-22)19(25)26/h3-6,11-12H,7-10H2,1-2H3,(H,20,24)(H,25,26). The van der Waals surface area contributed by atoms with Crippen molar-refractivity contribution in [2.24, 2.45) is 0 Å². The summed E-state index contributed by atoms with van der Waals surface area (Å²) in [5.74, 6) is 0.568. The van der Waals surface area contributed by atoms with Gasteiger partial charge in [-0.2, -0.15) is 0 Å². The van der Waals surface area contributed by atoms with Gasteiger partial charge < -0.3 is 20.2 Å². The Hall–Kier alpha value is -3.09. The van der Waals surface area contributed by atoms with Crippen LogP contribution in [0.2, 0.25) is 0 Å². The van der Waals surface area contributed by atoms with Crippen LogP contribution in [0.3, 0.4) is 0 Å². The molecule has 0 bridgehead atoms. The van der Waals surface area contributed by atoms with Crippen LogP contribution < -0.4 is 10.2 Å². The number of amides is 2. The molecule has 136 valence electrons. The minimum Gasteiger partial charge on any atom is -0.465 e. The maximum absolute atomic E-state index is 12.3. The molecule has 1 aliphatic heterocycles. The highest BCUT2D eigenvalue weighted by Gasteiger charge is 2.23. The molecule has 26 heavy (non-hydrogen) atoms. The first-order valence-corrected chi connectivity index (χ1v) is 8.52. The molecule has 0 aliphatic carbocycles. The van der Waals surface area contributed by atoms with Crippen LogP contribution in [0.1, 0.15) is 15.9 Å². The molecule has 1 saturated heterocycles. The van der Waals surface area contributed by atoms with Crippen molar-refractivity contribution in [2.45, 2.75) is 6.92 Å². The van der Waals surface area contributed by atoms with Crippen molar-refractivity contribution in [3.8, 4) is 11.1 Å². The van der Waals surface area contributed by atoms with E-state index in [-0.39, 0.29) is 5.91 Å². The molecule has 7 nitrogen and oxygen atoms in total. The number of pyridine rings is 1. The predicted molar refractivity (Wildman–Crippen MR) is 99.6 cm³/mol. The molecular formula is C19H22N4O3. The van der Waals surface area contributed by atoms with E-state index < -0.39 is 6.09 Å². The highest BCUT2D eigenvalue weighted by Crippen LogP contribution is 2.30. The third kappa shape index (κ3) is 3.46. The lowest BCUT2D eigenvalue weighted by atomic mass is 9.97. The molecule has 2 aromatic rings. The monoisotopic (exact) mass is 354 g/mol. The van der Waals surface area contributed by atoms with Crippen LogP contribution in [-0.2, 0) is 0 Å². The number of nitrogens with zero attached hydrogens (tertiary/aromatic N) is 3. The van der Waals surface area contributed by atoms with Crippen molar-refractivity contribution in [2.75, 3.05) is 38.1 Å². The second-order valence-electron chi connectivity index (χ2n) is 6.24. The van der Waals surface area contributed by atoms with Gasteiger partial charge in [0, 0.05) is 39.4 Å². The fourth-order valence-electron chi connectivity index (χ4n) is 3.16. The van der Waals surface area contributed by atoms with Gasteiger partial charge in [-0.1, -0.05) is 24.3 Å². The van der Waals surface area contributed by atoms with Gasteiger partial charge in [-0.25, -0.2) is 9.78 Å². The first-order valence-electron chi connectivity index (χ1n) is 8.52. The first-order chi connectivity index (χ1) is 12.5. The Morgan fingerprint density at radius 2 is 1.81 bits per heavy atom. The van der Waals surface area contributed by atoms with E-state index in [9.17, 15) is 9.59 Å². The summed E-state index contributed by atoms with van der Waals surface area (Å²) in [6, 6.07) is 9.83. The quantitative estimate of drug-likeness (QED) is 0.883. The second kappa shape index (κ2) is 7.43. The second-order valence-corrected chi connectivity index (χ2v) is 6.24. The third-order valence-corrected chi connectivity index (χ3v) is 4.67. The van der Waals surface area contributed by atoms with E-state index in [1.54, 1.807) is 13.2 Å². The average Bonchev–Trinajstić information content (AvgIpc) is 2.67. The molecule has 0 saturated carbocycles. The zero-order chi connectivity index (χ0) is 18.7. The van der Waals surface area contributed by atoms with E-state index in [1.165, 1.54) is 4.90 Å². The first kappa shape index (κ1) is 17.7. The Balaban J connectivity index is 1.97. The Kier molecular flexibility index (Phi) is 5.06. The van der Waals surface area contributed by atoms with Crippen LogP contribution in [0.5, 0.6) is 0 Å². The van der Waals surface area contributed by atoms with Gasteiger partial charge in [-0.3, -0.25) is 4.79 Å². The molecule has 3 rings (SSSR count). The minimum absolute atomic E-state index is 0.182. The van der Waals surface area contributed by atoms with Crippen molar-refractivity contribution < 1.29 is 14.7 Å². The van der Waals surface area contributed by atoms with E-state index in [2.05, 4.69) is 15.2 Å². The molecular weight excluding hydrogens is 332 g/mol. The molecule has 2 amide bonds. The van der Waals surface area contributed by atoms with E-state index >= 15 is 0 Å². The number of benzene rings is 1. The number of carboxylic acid groups (broad SMARTS) is 1. The van der Waals surface area contributed by atoms with E-state index in [0.29, 0.717) is 31.7 Å². The van der Waals surface area contributed by atoms with Crippen LogP contribution in [0.25, 0.3) is 11.1 Å². The smallest absolute Gasteiger partial charge is 0.407 e. The Morgan fingerprint density at radius 3 is 2.42 bits per heavy atom. The number of aromatic nitrogens is 1. The van der Waals surface area contributed by atoms with Gasteiger partial charge in [0.25, 0.3) is 5.91 Å². The van der Waals surface area contributed by atoms with Gasteiger partial charge in [0.05, 0.1) is 5.56 Å². The molecule has 0 atom stereocenters. The van der Waals surface area contributed by atoms with E-state index in [1.807, 2.05) is 37.3 Å². The number of anilines is 1. The number of carbonyl (C=O) groups excluding carboxylic acids is 1. The summed E-state index contributed by atoms with van der Waals surface area (Å²) in [6.07, 6.45) is 0.702. The molecule has 0 spiro atoms. The van der Waals surface area contributed by atoms with Gasteiger partial charge in [0.2, 0.25) is 0 Å². The molecule has 0 radical (unpaired) electrons. The molecule has 2 N–H and O–H groups in total. The van der Waals surface area contributed by atoms with Crippen molar-refractivity contribution in [1.29, 1.82) is 0 Å². The SMILES string of the molecule is CNC(=O)c1cnc(N2CCN(C(=O)O)CC2)cc1-c1ccccc1C. The molecule has 2 heterocycles. The summed E-state index contributed by atoms with van der Waals surface area (Å²) in [4.78, 5) is 31.3. The van der Waals surface area contributed by atoms with E-state index in [4.69, 9.17) is 5.11 Å². The Labute approximate surface area is 152 Å². The molecule has 1 fully saturated rings. The summed E-state index contributed by atoms with van der Waals surface area (Å²) >= 11 is 0. The van der Waals surface area contributed by atoms with Crippen molar-refractivity contribution in [3.05, 3.63) is 47.7 Å². The lowest BCUT2D eigenvalue weighted by Crippen LogP contribution is -2.48. The summed E-state index contributed by atoms with van der Waals surface area (Å²) < 4.78 is 0. The van der Waals surface area contributed by atoms with Crippen LogP contribution in [0.15, 0.2) is 36.5 Å². The van der Waals surface area contributed by atoms with Crippen LogP contribution in [0, 0.1) is 6.92 Å². The number of aryl methyl sites for hydroxylation is 1. The minimum atomic E-state index is -0.895. The number of rotatable bonds is 3. The van der Waals surface area contributed by atoms with Gasteiger partial charge in [0.15, 0.2) is 0 Å². The highest BCUT2D eigenvalue weighted by molar-refractivity contribution is 6.01. The number of piperazine rings is 1. The number of carbonyl (C=O) groups is 2. The summed E-state index contributed by atoms with van der Waals surface area (Å²) in [5, 5.41) is 11.8. The predicted octanol–water partition coefficient (Wildman–Crippen LogP) is 2.22. The summed E-state index contributed by atoms with van der Waals surface area (Å²) in [7, 11) is 1.60. The van der Waals surface area contributed by atoms with E-state index in [0.717, 1.165) is 22.5 Å². The topological polar surface area (TPSA) is 85.8 Å². The van der Waals surface area contributed by atoms with Crippen LogP contribution in [-0.4, -0.2) is 60.2 Å². The number of hydrogen-bond donors (Lipinski definition) is 2. The van der Waals surface area contributed by atoms with Gasteiger partial charge >= 0.3 is 6.09 Å². The molecule has 1 aromatic heterocycles. The molecule has 1 aliphatic rings. The van der Waals surface area contributed by atoms with Crippen molar-refractivity contribution in [1.82, 2.24) is 15.2 Å². The van der Waals surface area contributed by atoms with Crippen molar-refractivity contribution >= 4 is 17.8 Å². The molecule has 7 heteroatoms. The largest absolute Gasteiger partial charge is 0.465 e. The lowest BCUT2D eigenvalue weighted by molar-refractivity contribution is 0.0963. The van der Waals surface area contributed by atoms with Crippen molar-refractivity contribution in [3.63, 3.8) is 0 Å². The fourth-order valence-corrected chi connectivity index (χ4v) is 3.16. The zero-order valence-electron chi connectivity index (χ0n) is 14.9. The third-order valence-electron chi connectivity index (χ3n) is 4.67. The number of hydrogen-bond acceptors (Lipinski definition) is 4. The Bertz CT molecular complexity index is 829. The summed E-state index contributed by atoms with van der Waals surface area (Å²) in [6.45, 7) is 4.04. The maximum atomic E-state index is 12.3. The fraction of sp³-hybridized carbons (Fsp3) is 0.316. The van der Waals surface area contributed by atoms with Gasteiger partial charge in [-0.15, -0.1) is 0 Å². The molecule has 1 aromatic carbocycles. The Morgan fingerprint density at radius 1 is 1.12 bits per heavy atom. The lowest BCUT2D eigenvalue weighted by Gasteiger charge is -2.34. The number of nitrogens with one attached hydrogen (secondary N) is 1. The normalized spacial score (nSPS) is 14.2. The molecule has 0 unspecified atom stereocenters. The highest BCUT2D eigenvalue weighted by atomic mass is 16.4.